The Hall–Kier alpha value is -0.810. The Bertz CT molecular complexity index is 289. The summed E-state index contributed by atoms with van der Waals surface area (Å²) >= 11 is 0. The quantitative estimate of drug-likeness (QED) is 0.804. The predicted octanol–water partition coefficient (Wildman–Crippen LogP) is 2.06. The van der Waals surface area contributed by atoms with Crippen LogP contribution >= 0.6 is 0 Å². The summed E-state index contributed by atoms with van der Waals surface area (Å²) in [6, 6.07) is 0.0358. The highest BCUT2D eigenvalue weighted by Gasteiger charge is 2.21. The summed E-state index contributed by atoms with van der Waals surface area (Å²) in [5.74, 6) is 0. The lowest BCUT2D eigenvalue weighted by atomic mass is 10.2. The lowest BCUT2D eigenvalue weighted by Crippen LogP contribution is -2.43. The maximum absolute atomic E-state index is 11.5. The SMILES string of the molecule is CC(CNCC1CCC(C)O1)NC(=O)OC(C)(C)C. The van der Waals surface area contributed by atoms with Crippen molar-refractivity contribution in [3.63, 3.8) is 0 Å². The number of hydrogen-bond donors (Lipinski definition) is 2. The molecule has 1 fully saturated rings. The highest BCUT2D eigenvalue weighted by atomic mass is 16.6. The molecule has 0 bridgehead atoms. The Balaban J connectivity index is 2.10. The van der Waals surface area contributed by atoms with E-state index in [-0.39, 0.29) is 12.1 Å². The number of carbonyl (C=O) groups is 1. The van der Waals surface area contributed by atoms with E-state index in [0.29, 0.717) is 18.8 Å². The van der Waals surface area contributed by atoms with Crippen LogP contribution in [0.1, 0.15) is 47.5 Å². The fourth-order valence-electron chi connectivity index (χ4n) is 2.06. The molecule has 2 N–H and O–H groups in total. The molecule has 1 aliphatic rings. The number of nitrogens with one attached hydrogen (secondary N) is 2. The van der Waals surface area contributed by atoms with E-state index in [1.54, 1.807) is 0 Å². The predicted molar refractivity (Wildman–Crippen MR) is 75.3 cm³/mol. The molecule has 1 heterocycles. The number of carbonyl (C=O) groups excluding carboxylic acids is 1. The molecule has 19 heavy (non-hydrogen) atoms. The van der Waals surface area contributed by atoms with Crippen LogP contribution < -0.4 is 10.6 Å². The van der Waals surface area contributed by atoms with Gasteiger partial charge in [-0.2, -0.15) is 0 Å². The van der Waals surface area contributed by atoms with Gasteiger partial charge in [-0.1, -0.05) is 0 Å². The molecule has 0 spiro atoms. The Morgan fingerprint density at radius 1 is 1.42 bits per heavy atom. The van der Waals surface area contributed by atoms with E-state index >= 15 is 0 Å². The van der Waals surface area contributed by atoms with Crippen molar-refractivity contribution < 1.29 is 14.3 Å². The molecule has 0 radical (unpaired) electrons. The van der Waals surface area contributed by atoms with E-state index in [0.717, 1.165) is 19.4 Å². The smallest absolute Gasteiger partial charge is 0.407 e. The Kier molecular flexibility index (Phi) is 6.07. The molecule has 3 atom stereocenters. The fraction of sp³-hybridized carbons (Fsp3) is 0.929. The Morgan fingerprint density at radius 3 is 2.63 bits per heavy atom. The molecule has 0 aromatic rings. The molecule has 1 amide bonds. The Morgan fingerprint density at radius 2 is 2.11 bits per heavy atom. The first-order chi connectivity index (χ1) is 8.76. The monoisotopic (exact) mass is 272 g/mol. The van der Waals surface area contributed by atoms with Gasteiger partial charge >= 0.3 is 6.09 Å². The molecule has 1 saturated heterocycles. The van der Waals surface area contributed by atoms with Crippen molar-refractivity contribution in [1.29, 1.82) is 0 Å². The van der Waals surface area contributed by atoms with Crippen LogP contribution in [0.5, 0.6) is 0 Å². The van der Waals surface area contributed by atoms with Crippen LogP contribution in [0.15, 0.2) is 0 Å². The van der Waals surface area contributed by atoms with Gasteiger partial charge in [0.1, 0.15) is 5.60 Å². The van der Waals surface area contributed by atoms with Gasteiger partial charge in [0.05, 0.1) is 12.2 Å². The largest absolute Gasteiger partial charge is 0.444 e. The van der Waals surface area contributed by atoms with Crippen molar-refractivity contribution in [3.05, 3.63) is 0 Å². The number of rotatable bonds is 5. The van der Waals surface area contributed by atoms with Crippen LogP contribution in [0.4, 0.5) is 4.79 Å². The van der Waals surface area contributed by atoms with Gasteiger partial charge in [-0.25, -0.2) is 4.79 Å². The average molecular weight is 272 g/mol. The summed E-state index contributed by atoms with van der Waals surface area (Å²) in [6.07, 6.45) is 2.57. The van der Waals surface area contributed by atoms with Gasteiger partial charge in [-0.15, -0.1) is 0 Å². The second-order valence-electron chi connectivity index (χ2n) is 6.35. The van der Waals surface area contributed by atoms with Crippen molar-refractivity contribution in [2.75, 3.05) is 13.1 Å². The first-order valence-corrected chi connectivity index (χ1v) is 7.12. The fourth-order valence-corrected chi connectivity index (χ4v) is 2.06. The summed E-state index contributed by atoms with van der Waals surface area (Å²) in [4.78, 5) is 11.5. The lowest BCUT2D eigenvalue weighted by molar-refractivity contribution is 0.0497. The standard InChI is InChI=1S/C14H28N2O3/c1-10(16-13(17)19-14(3,4)5)8-15-9-12-7-6-11(2)18-12/h10-12,15H,6-9H2,1-5H3,(H,16,17). The van der Waals surface area contributed by atoms with E-state index in [1.165, 1.54) is 0 Å². The number of ether oxygens (including phenoxy) is 2. The van der Waals surface area contributed by atoms with Crippen LogP contribution in [0.25, 0.3) is 0 Å². The van der Waals surface area contributed by atoms with Crippen molar-refractivity contribution in [3.8, 4) is 0 Å². The third-order valence-corrected chi connectivity index (χ3v) is 2.91. The zero-order chi connectivity index (χ0) is 14.5. The second-order valence-corrected chi connectivity index (χ2v) is 6.35. The number of alkyl carbamates (subject to hydrolysis) is 1. The maximum Gasteiger partial charge on any atom is 0.407 e. The number of hydrogen-bond acceptors (Lipinski definition) is 4. The summed E-state index contributed by atoms with van der Waals surface area (Å²) in [6.45, 7) is 11.2. The van der Waals surface area contributed by atoms with Crippen molar-refractivity contribution in [2.45, 2.75) is 71.3 Å². The minimum atomic E-state index is -0.453. The molecule has 1 aliphatic heterocycles. The molecule has 0 saturated carbocycles. The molecule has 5 heteroatoms. The van der Waals surface area contributed by atoms with Gasteiger partial charge in [0, 0.05) is 19.1 Å². The van der Waals surface area contributed by atoms with Crippen LogP contribution in [0, 0.1) is 0 Å². The van der Waals surface area contributed by atoms with E-state index in [9.17, 15) is 4.79 Å². The van der Waals surface area contributed by atoms with E-state index in [2.05, 4.69) is 17.6 Å². The van der Waals surface area contributed by atoms with E-state index in [4.69, 9.17) is 9.47 Å². The molecule has 3 unspecified atom stereocenters. The van der Waals surface area contributed by atoms with Gasteiger partial charge in [-0.05, 0) is 47.5 Å². The maximum atomic E-state index is 11.5. The molecular formula is C14H28N2O3. The van der Waals surface area contributed by atoms with Crippen molar-refractivity contribution in [1.82, 2.24) is 10.6 Å². The third-order valence-electron chi connectivity index (χ3n) is 2.91. The van der Waals surface area contributed by atoms with E-state index < -0.39 is 5.60 Å². The molecule has 0 aromatic carbocycles. The molecule has 0 aromatic heterocycles. The lowest BCUT2D eigenvalue weighted by Gasteiger charge is -2.22. The average Bonchev–Trinajstić information content (AvgIpc) is 2.60. The normalized spacial score (nSPS) is 25.1. The molecule has 5 nitrogen and oxygen atoms in total. The van der Waals surface area contributed by atoms with Crippen LogP contribution in [-0.2, 0) is 9.47 Å². The second kappa shape index (κ2) is 7.10. The zero-order valence-electron chi connectivity index (χ0n) is 12.8. The van der Waals surface area contributed by atoms with Gasteiger partial charge in [-0.3, -0.25) is 0 Å². The Labute approximate surface area is 116 Å². The minimum absolute atomic E-state index is 0.0358. The van der Waals surface area contributed by atoms with Crippen LogP contribution in [0.2, 0.25) is 0 Å². The number of amides is 1. The summed E-state index contributed by atoms with van der Waals surface area (Å²) in [5.41, 5.74) is -0.453. The first-order valence-electron chi connectivity index (χ1n) is 7.12. The molecular weight excluding hydrogens is 244 g/mol. The highest BCUT2D eigenvalue weighted by molar-refractivity contribution is 5.68. The third kappa shape index (κ3) is 7.38. The van der Waals surface area contributed by atoms with Crippen molar-refractivity contribution in [2.24, 2.45) is 0 Å². The highest BCUT2D eigenvalue weighted by Crippen LogP contribution is 2.17. The van der Waals surface area contributed by atoms with Crippen LogP contribution in [0.3, 0.4) is 0 Å². The van der Waals surface area contributed by atoms with Gasteiger partial charge in [0.15, 0.2) is 0 Å². The van der Waals surface area contributed by atoms with Gasteiger partial charge in [0.25, 0.3) is 0 Å². The zero-order valence-corrected chi connectivity index (χ0v) is 12.8. The minimum Gasteiger partial charge on any atom is -0.444 e. The van der Waals surface area contributed by atoms with E-state index in [1.807, 2.05) is 27.7 Å². The van der Waals surface area contributed by atoms with Gasteiger partial charge in [0.2, 0.25) is 0 Å². The summed E-state index contributed by atoms with van der Waals surface area (Å²) < 4.78 is 10.9. The van der Waals surface area contributed by atoms with Crippen molar-refractivity contribution >= 4 is 6.09 Å². The first kappa shape index (κ1) is 16.2. The van der Waals surface area contributed by atoms with Gasteiger partial charge < -0.3 is 20.1 Å². The summed E-state index contributed by atoms with van der Waals surface area (Å²) in [5, 5.41) is 6.13. The molecule has 0 aliphatic carbocycles. The summed E-state index contributed by atoms with van der Waals surface area (Å²) in [7, 11) is 0. The topological polar surface area (TPSA) is 59.6 Å². The molecule has 112 valence electrons. The molecule has 1 rings (SSSR count). The van der Waals surface area contributed by atoms with Crippen LogP contribution in [-0.4, -0.2) is 43.0 Å².